The number of benzene rings is 2. The van der Waals surface area contributed by atoms with Crippen molar-refractivity contribution < 1.29 is 4.79 Å². The average molecular weight is 377 g/mol. The number of amides is 1. The molecule has 1 amide bonds. The van der Waals surface area contributed by atoms with E-state index in [0.717, 1.165) is 52.9 Å². The summed E-state index contributed by atoms with van der Waals surface area (Å²) >= 11 is 6.45. The molecule has 0 fully saturated rings. The van der Waals surface area contributed by atoms with Crippen LogP contribution < -0.4 is 5.32 Å². The minimum Gasteiger partial charge on any atom is -0.349 e. The Morgan fingerprint density at radius 1 is 1.07 bits per heavy atom. The Labute approximate surface area is 161 Å². The van der Waals surface area contributed by atoms with Crippen molar-refractivity contribution in [3.05, 3.63) is 76.6 Å². The molecule has 2 heterocycles. The Kier molecular flexibility index (Phi) is 3.76. The minimum absolute atomic E-state index is 0.261. The molecule has 1 aliphatic rings. The number of H-pyrrole nitrogens is 1. The molecule has 0 radical (unpaired) electrons. The van der Waals surface area contributed by atoms with Crippen LogP contribution in [0.1, 0.15) is 28.2 Å². The number of carbonyl (C=O) groups excluding carboxylic acids is 1. The molecule has 2 N–H and O–H groups in total. The van der Waals surface area contributed by atoms with Gasteiger partial charge in [-0.2, -0.15) is 5.10 Å². The maximum Gasteiger partial charge on any atom is 0.274 e. The molecule has 0 aliphatic heterocycles. The number of aromatic amines is 1. The lowest BCUT2D eigenvalue weighted by molar-refractivity contribution is 0.102. The van der Waals surface area contributed by atoms with Gasteiger partial charge in [0.1, 0.15) is 11.5 Å². The van der Waals surface area contributed by atoms with Crippen molar-refractivity contribution in [2.24, 2.45) is 0 Å². The van der Waals surface area contributed by atoms with E-state index in [1.807, 2.05) is 59.3 Å². The second kappa shape index (κ2) is 6.28. The maximum atomic E-state index is 13.0. The number of aryl methyl sites for hydroxylation is 1. The van der Waals surface area contributed by atoms with E-state index in [1.165, 1.54) is 0 Å². The highest BCUT2D eigenvalue weighted by atomic mass is 35.5. The lowest BCUT2D eigenvalue weighted by Gasteiger charge is -2.10. The first kappa shape index (κ1) is 16.1. The van der Waals surface area contributed by atoms with Gasteiger partial charge in [-0.1, -0.05) is 48.0 Å². The van der Waals surface area contributed by atoms with Crippen LogP contribution in [0.15, 0.2) is 54.6 Å². The zero-order chi connectivity index (χ0) is 18.4. The average Bonchev–Trinajstić information content (AvgIpc) is 3.38. The van der Waals surface area contributed by atoms with Crippen LogP contribution in [0, 0.1) is 0 Å². The van der Waals surface area contributed by atoms with E-state index in [4.69, 9.17) is 16.7 Å². The highest BCUT2D eigenvalue weighted by Gasteiger charge is 2.26. The van der Waals surface area contributed by atoms with E-state index in [0.29, 0.717) is 10.7 Å². The second-order valence-electron chi connectivity index (χ2n) is 6.69. The van der Waals surface area contributed by atoms with Gasteiger partial charge < -0.3 is 10.3 Å². The van der Waals surface area contributed by atoms with Crippen molar-refractivity contribution in [3.8, 4) is 5.69 Å². The summed E-state index contributed by atoms with van der Waals surface area (Å²) in [6.45, 7) is 0. The van der Waals surface area contributed by atoms with E-state index in [1.54, 1.807) is 0 Å². The van der Waals surface area contributed by atoms with Gasteiger partial charge in [0.15, 0.2) is 0 Å². The summed E-state index contributed by atoms with van der Waals surface area (Å²) in [5.41, 5.74) is 4.29. The van der Waals surface area contributed by atoms with Gasteiger partial charge in [0.25, 0.3) is 5.91 Å². The number of hydrogen-bond acceptors (Lipinski definition) is 2. The zero-order valence-electron chi connectivity index (χ0n) is 14.5. The molecule has 0 spiro atoms. The highest BCUT2D eigenvalue weighted by Crippen LogP contribution is 2.32. The Morgan fingerprint density at radius 3 is 2.67 bits per heavy atom. The molecule has 0 saturated carbocycles. The lowest BCUT2D eigenvalue weighted by Crippen LogP contribution is -2.17. The van der Waals surface area contributed by atoms with Gasteiger partial charge in [0.05, 0.1) is 16.4 Å². The summed E-state index contributed by atoms with van der Waals surface area (Å²) < 4.78 is 1.82. The number of hydrogen-bond donors (Lipinski definition) is 2. The van der Waals surface area contributed by atoms with Crippen molar-refractivity contribution in [1.29, 1.82) is 0 Å². The molecule has 0 unspecified atom stereocenters. The standard InChI is InChI=1S/C21H17ClN4O/c22-18-14-9-4-5-11-16(14)23-19(18)21(27)24-20-15-10-6-12-17(15)25-26(20)13-7-2-1-3-8-13/h1-5,7-9,11,23H,6,10,12H2,(H,24,27). The fourth-order valence-electron chi connectivity index (χ4n) is 3.71. The summed E-state index contributed by atoms with van der Waals surface area (Å²) in [5.74, 6) is 0.469. The van der Waals surface area contributed by atoms with Crippen LogP contribution in [-0.2, 0) is 12.8 Å². The number of anilines is 1. The number of fused-ring (bicyclic) bond motifs is 2. The number of halogens is 1. The first-order valence-corrected chi connectivity index (χ1v) is 9.34. The molecule has 0 bridgehead atoms. The van der Waals surface area contributed by atoms with Crippen molar-refractivity contribution in [2.75, 3.05) is 5.32 Å². The lowest BCUT2D eigenvalue weighted by atomic mass is 10.2. The molecule has 0 atom stereocenters. The number of carbonyl (C=O) groups is 1. The monoisotopic (exact) mass is 376 g/mol. The van der Waals surface area contributed by atoms with Crippen LogP contribution in [0.3, 0.4) is 0 Å². The zero-order valence-corrected chi connectivity index (χ0v) is 15.3. The SMILES string of the molecule is O=C(Nc1c2c(nn1-c1ccccc1)CCC2)c1[nH]c2ccccc2c1Cl. The highest BCUT2D eigenvalue weighted by molar-refractivity contribution is 6.39. The van der Waals surface area contributed by atoms with E-state index in [2.05, 4.69) is 10.3 Å². The molecular formula is C21H17ClN4O. The minimum atomic E-state index is -0.261. The first-order valence-electron chi connectivity index (χ1n) is 8.96. The number of rotatable bonds is 3. The largest absolute Gasteiger partial charge is 0.349 e. The first-order chi connectivity index (χ1) is 13.2. The topological polar surface area (TPSA) is 62.7 Å². The van der Waals surface area contributed by atoms with Gasteiger partial charge in [-0.15, -0.1) is 0 Å². The van der Waals surface area contributed by atoms with Gasteiger partial charge in [-0.05, 0) is 37.5 Å². The van der Waals surface area contributed by atoms with E-state index < -0.39 is 0 Å². The van der Waals surface area contributed by atoms with Crippen LogP contribution in [0.4, 0.5) is 5.82 Å². The molecule has 27 heavy (non-hydrogen) atoms. The maximum absolute atomic E-state index is 13.0. The van der Waals surface area contributed by atoms with Crippen LogP contribution in [-0.4, -0.2) is 20.7 Å². The fourth-order valence-corrected chi connectivity index (χ4v) is 4.01. The van der Waals surface area contributed by atoms with Crippen molar-refractivity contribution in [2.45, 2.75) is 19.3 Å². The molecule has 134 valence electrons. The van der Waals surface area contributed by atoms with Gasteiger partial charge in [-0.25, -0.2) is 4.68 Å². The van der Waals surface area contributed by atoms with Gasteiger partial charge in [0, 0.05) is 16.5 Å². The van der Waals surface area contributed by atoms with Gasteiger partial charge in [0.2, 0.25) is 0 Å². The molecule has 0 saturated heterocycles. The summed E-state index contributed by atoms with van der Waals surface area (Å²) in [4.78, 5) is 16.1. The predicted molar refractivity (Wildman–Crippen MR) is 107 cm³/mol. The molecule has 2 aromatic carbocycles. The van der Waals surface area contributed by atoms with Crippen LogP contribution in [0.5, 0.6) is 0 Å². The van der Waals surface area contributed by atoms with E-state index in [-0.39, 0.29) is 5.91 Å². The van der Waals surface area contributed by atoms with Crippen molar-refractivity contribution >= 4 is 34.2 Å². The number of nitrogens with zero attached hydrogens (tertiary/aromatic N) is 2. The summed E-state index contributed by atoms with van der Waals surface area (Å²) in [5, 5.41) is 9.06. The predicted octanol–water partition coefficient (Wildman–Crippen LogP) is 4.75. The Balaban J connectivity index is 1.57. The normalized spacial score (nSPS) is 13.1. The summed E-state index contributed by atoms with van der Waals surface area (Å²) in [7, 11) is 0. The second-order valence-corrected chi connectivity index (χ2v) is 7.07. The Bertz CT molecular complexity index is 1160. The summed E-state index contributed by atoms with van der Waals surface area (Å²) in [6, 6.07) is 17.5. The smallest absolute Gasteiger partial charge is 0.274 e. The molecule has 5 rings (SSSR count). The third kappa shape index (κ3) is 2.62. The number of para-hydroxylation sites is 2. The summed E-state index contributed by atoms with van der Waals surface area (Å²) in [6.07, 6.45) is 2.91. The van der Waals surface area contributed by atoms with Gasteiger partial charge >= 0.3 is 0 Å². The van der Waals surface area contributed by atoms with Gasteiger partial charge in [-0.3, -0.25) is 4.79 Å². The van der Waals surface area contributed by atoms with Crippen LogP contribution >= 0.6 is 11.6 Å². The van der Waals surface area contributed by atoms with Crippen molar-refractivity contribution in [1.82, 2.24) is 14.8 Å². The van der Waals surface area contributed by atoms with E-state index in [9.17, 15) is 4.79 Å². The van der Waals surface area contributed by atoms with Crippen LogP contribution in [0.2, 0.25) is 5.02 Å². The molecule has 1 aliphatic carbocycles. The quantitative estimate of drug-likeness (QED) is 0.542. The van der Waals surface area contributed by atoms with Crippen molar-refractivity contribution in [3.63, 3.8) is 0 Å². The molecule has 4 aromatic rings. The molecule has 2 aromatic heterocycles. The Hall–Kier alpha value is -3.05. The number of aromatic nitrogens is 3. The Morgan fingerprint density at radius 2 is 1.85 bits per heavy atom. The molecular weight excluding hydrogens is 360 g/mol. The third-order valence-electron chi connectivity index (χ3n) is 5.01. The molecule has 6 heteroatoms. The third-order valence-corrected chi connectivity index (χ3v) is 5.40. The number of nitrogens with one attached hydrogen (secondary N) is 2. The van der Waals surface area contributed by atoms with Crippen LogP contribution in [0.25, 0.3) is 16.6 Å². The van der Waals surface area contributed by atoms with E-state index >= 15 is 0 Å². The fraction of sp³-hybridized carbons (Fsp3) is 0.143. The molecule has 5 nitrogen and oxygen atoms in total.